The largest absolute Gasteiger partial charge is 0.320 e. The van der Waals surface area contributed by atoms with Gasteiger partial charge < -0.3 is 4.57 Å². The number of carbonyl (C=O) groups excluding carboxylic acids is 1. The molecule has 78 valence electrons. The zero-order valence-corrected chi connectivity index (χ0v) is 9.21. The van der Waals surface area contributed by atoms with E-state index in [-0.39, 0.29) is 15.4 Å². The molecule has 2 heterocycles. The van der Waals surface area contributed by atoms with Gasteiger partial charge in [0.2, 0.25) is 15.4 Å². The van der Waals surface area contributed by atoms with Gasteiger partial charge in [0.15, 0.2) is 0 Å². The van der Waals surface area contributed by atoms with Crippen molar-refractivity contribution in [2.45, 2.75) is 0 Å². The maximum Gasteiger partial charge on any atom is 0.288 e. The van der Waals surface area contributed by atoms with Crippen LogP contribution in [-0.4, -0.2) is 25.7 Å². The zero-order chi connectivity index (χ0) is 10.8. The van der Waals surface area contributed by atoms with E-state index in [4.69, 9.17) is 11.6 Å². The van der Waals surface area contributed by atoms with Crippen LogP contribution in [0.1, 0.15) is 9.80 Å². The molecule has 0 bridgehead atoms. The molecular weight excluding hydrogens is 238 g/mol. The van der Waals surface area contributed by atoms with Crippen molar-refractivity contribution < 1.29 is 4.79 Å². The number of aromatic nitrogens is 4. The minimum Gasteiger partial charge on any atom is -0.320 e. The number of hydrogen-bond donors (Lipinski definition) is 1. The number of carbonyl (C=O) groups is 1. The molecule has 8 heteroatoms. The molecule has 0 aliphatic rings. The van der Waals surface area contributed by atoms with Gasteiger partial charge in [0.25, 0.3) is 5.91 Å². The molecule has 6 nitrogen and oxygen atoms in total. The highest BCUT2D eigenvalue weighted by molar-refractivity contribution is 7.17. The third kappa shape index (κ3) is 2.13. The molecule has 0 saturated heterocycles. The summed E-state index contributed by atoms with van der Waals surface area (Å²) in [5, 5.41) is 9.94. The lowest BCUT2D eigenvalue weighted by Gasteiger charge is -2.00. The van der Waals surface area contributed by atoms with E-state index in [2.05, 4.69) is 20.5 Å². The average Bonchev–Trinajstić information content (AvgIpc) is 2.77. The summed E-state index contributed by atoms with van der Waals surface area (Å²) in [6.45, 7) is 0. The third-order valence-electron chi connectivity index (χ3n) is 1.64. The van der Waals surface area contributed by atoms with Crippen LogP contribution >= 0.6 is 22.9 Å². The Hall–Kier alpha value is -1.47. The summed E-state index contributed by atoms with van der Waals surface area (Å²) in [6, 6.07) is 0. The SMILES string of the molecule is Cn1ccnc1NC(=O)c1nnc(Cl)s1. The molecule has 2 aromatic rings. The molecule has 0 atom stereocenters. The fraction of sp³-hybridized carbons (Fsp3) is 0.143. The van der Waals surface area contributed by atoms with E-state index in [0.29, 0.717) is 5.95 Å². The highest BCUT2D eigenvalue weighted by Crippen LogP contribution is 2.15. The Morgan fingerprint density at radius 3 is 2.93 bits per heavy atom. The number of rotatable bonds is 2. The predicted octanol–water partition coefficient (Wildman–Crippen LogP) is 1.18. The molecule has 0 aliphatic heterocycles. The number of amides is 1. The van der Waals surface area contributed by atoms with Gasteiger partial charge in [0.05, 0.1) is 0 Å². The van der Waals surface area contributed by atoms with Crippen molar-refractivity contribution >= 4 is 34.8 Å². The monoisotopic (exact) mass is 243 g/mol. The van der Waals surface area contributed by atoms with Crippen LogP contribution in [0.25, 0.3) is 0 Å². The Balaban J connectivity index is 2.14. The van der Waals surface area contributed by atoms with Gasteiger partial charge in [-0.05, 0) is 11.6 Å². The Bertz CT molecular complexity index is 493. The molecule has 1 N–H and O–H groups in total. The molecule has 0 fully saturated rings. The maximum atomic E-state index is 11.6. The second-order valence-electron chi connectivity index (χ2n) is 2.68. The number of hydrogen-bond acceptors (Lipinski definition) is 5. The van der Waals surface area contributed by atoms with Crippen LogP contribution in [0, 0.1) is 0 Å². The lowest BCUT2D eigenvalue weighted by atomic mass is 10.6. The maximum absolute atomic E-state index is 11.6. The van der Waals surface area contributed by atoms with Gasteiger partial charge >= 0.3 is 0 Å². The van der Waals surface area contributed by atoms with Crippen molar-refractivity contribution in [3.8, 4) is 0 Å². The smallest absolute Gasteiger partial charge is 0.288 e. The van der Waals surface area contributed by atoms with Crippen molar-refractivity contribution in [2.75, 3.05) is 5.32 Å². The summed E-state index contributed by atoms with van der Waals surface area (Å²) >= 11 is 6.58. The number of imidazole rings is 1. The average molecular weight is 244 g/mol. The van der Waals surface area contributed by atoms with Gasteiger partial charge in [-0.15, -0.1) is 10.2 Å². The lowest BCUT2D eigenvalue weighted by molar-refractivity contribution is 0.102. The Labute approximate surface area is 93.9 Å². The summed E-state index contributed by atoms with van der Waals surface area (Å²) in [5.41, 5.74) is 0. The van der Waals surface area contributed by atoms with Crippen LogP contribution in [0.2, 0.25) is 4.47 Å². The number of nitrogens with zero attached hydrogens (tertiary/aromatic N) is 4. The van der Waals surface area contributed by atoms with Crippen LogP contribution in [0.3, 0.4) is 0 Å². The van der Waals surface area contributed by atoms with Crippen LogP contribution in [0.4, 0.5) is 5.95 Å². The molecular formula is C7H6ClN5OS. The normalized spacial score (nSPS) is 10.3. The first kappa shape index (κ1) is 10.1. The van der Waals surface area contributed by atoms with Gasteiger partial charge in [0.1, 0.15) is 0 Å². The minimum atomic E-state index is -0.367. The van der Waals surface area contributed by atoms with Gasteiger partial charge in [-0.2, -0.15) is 0 Å². The van der Waals surface area contributed by atoms with Crippen LogP contribution < -0.4 is 5.32 Å². The summed E-state index contributed by atoms with van der Waals surface area (Å²) in [7, 11) is 1.77. The minimum absolute atomic E-state index is 0.211. The van der Waals surface area contributed by atoms with E-state index in [1.54, 1.807) is 24.0 Å². The quantitative estimate of drug-likeness (QED) is 0.860. The van der Waals surface area contributed by atoms with Crippen molar-refractivity contribution in [3.05, 3.63) is 21.9 Å². The van der Waals surface area contributed by atoms with Crippen molar-refractivity contribution in [1.29, 1.82) is 0 Å². The van der Waals surface area contributed by atoms with Crippen molar-refractivity contribution in [2.24, 2.45) is 7.05 Å². The third-order valence-corrected chi connectivity index (χ3v) is 2.66. The standard InChI is InChI=1S/C7H6ClN5OS/c1-13-3-2-9-7(13)10-4(14)5-11-12-6(8)15-5/h2-3H,1H3,(H,9,10,14). The Morgan fingerprint density at radius 2 is 2.40 bits per heavy atom. The first-order valence-corrected chi connectivity index (χ1v) is 5.14. The second kappa shape index (κ2) is 3.95. The summed E-state index contributed by atoms with van der Waals surface area (Å²) in [5.74, 6) is 0.0834. The fourth-order valence-electron chi connectivity index (χ4n) is 0.938. The molecule has 15 heavy (non-hydrogen) atoms. The molecule has 2 aromatic heterocycles. The molecule has 0 radical (unpaired) electrons. The molecule has 0 saturated carbocycles. The first-order valence-electron chi connectivity index (χ1n) is 3.94. The van der Waals surface area contributed by atoms with Crippen molar-refractivity contribution in [1.82, 2.24) is 19.7 Å². The molecule has 1 amide bonds. The van der Waals surface area contributed by atoms with Crippen molar-refractivity contribution in [3.63, 3.8) is 0 Å². The van der Waals surface area contributed by atoms with Crippen LogP contribution in [-0.2, 0) is 7.05 Å². The van der Waals surface area contributed by atoms with Crippen LogP contribution in [0.5, 0.6) is 0 Å². The number of halogens is 1. The highest BCUT2D eigenvalue weighted by Gasteiger charge is 2.13. The van der Waals surface area contributed by atoms with E-state index < -0.39 is 0 Å². The number of anilines is 1. The van der Waals surface area contributed by atoms with Crippen LogP contribution in [0.15, 0.2) is 12.4 Å². The van der Waals surface area contributed by atoms with E-state index in [9.17, 15) is 4.79 Å². The van der Waals surface area contributed by atoms with E-state index >= 15 is 0 Å². The zero-order valence-electron chi connectivity index (χ0n) is 7.64. The summed E-state index contributed by atoms with van der Waals surface area (Å²) in [6.07, 6.45) is 3.31. The van der Waals surface area contributed by atoms with Gasteiger partial charge in [0, 0.05) is 19.4 Å². The molecule has 0 unspecified atom stereocenters. The Morgan fingerprint density at radius 1 is 1.60 bits per heavy atom. The fourth-order valence-corrected chi connectivity index (χ4v) is 1.66. The lowest BCUT2D eigenvalue weighted by Crippen LogP contribution is -2.14. The molecule has 0 spiro atoms. The summed E-state index contributed by atoms with van der Waals surface area (Å²) < 4.78 is 1.92. The first-order chi connectivity index (χ1) is 7.16. The second-order valence-corrected chi connectivity index (χ2v) is 4.24. The number of nitrogens with one attached hydrogen (secondary N) is 1. The van der Waals surface area contributed by atoms with Gasteiger partial charge in [-0.25, -0.2) is 4.98 Å². The van der Waals surface area contributed by atoms with E-state index in [1.807, 2.05) is 0 Å². The summed E-state index contributed by atoms with van der Waals surface area (Å²) in [4.78, 5) is 15.5. The predicted molar refractivity (Wildman–Crippen MR) is 56.1 cm³/mol. The van der Waals surface area contributed by atoms with E-state index in [0.717, 1.165) is 11.3 Å². The van der Waals surface area contributed by atoms with Gasteiger partial charge in [-0.1, -0.05) is 11.3 Å². The van der Waals surface area contributed by atoms with E-state index in [1.165, 1.54) is 0 Å². The highest BCUT2D eigenvalue weighted by atomic mass is 35.5. The number of aryl methyl sites for hydroxylation is 1. The topological polar surface area (TPSA) is 72.7 Å². The molecule has 0 aliphatic carbocycles. The van der Waals surface area contributed by atoms with Gasteiger partial charge in [-0.3, -0.25) is 10.1 Å². The Kier molecular flexibility index (Phi) is 2.65. The molecule has 2 rings (SSSR count). The molecule has 0 aromatic carbocycles.